The number of carbonyl (C=O) groups is 1. The summed E-state index contributed by atoms with van der Waals surface area (Å²) in [6.07, 6.45) is 0. The number of hydrogen-bond donors (Lipinski definition) is 1. The van der Waals surface area contributed by atoms with Gasteiger partial charge in [0, 0.05) is 25.3 Å². The molecule has 1 rings (SSSR count). The molecule has 12 heavy (non-hydrogen) atoms. The van der Waals surface area contributed by atoms with Crippen LogP contribution in [0.15, 0.2) is 0 Å². The predicted octanol–water partition coefficient (Wildman–Crippen LogP) is 0.0923. The zero-order valence-electron chi connectivity index (χ0n) is 7.02. The Labute approximate surface area is 75.9 Å². The van der Waals surface area contributed by atoms with Crippen molar-refractivity contribution in [2.75, 3.05) is 31.9 Å². The summed E-state index contributed by atoms with van der Waals surface area (Å²) < 4.78 is 4.89. The molecule has 0 saturated carbocycles. The molecular weight excluding hydrogens is 178 g/mol. The van der Waals surface area contributed by atoms with E-state index < -0.39 is 5.97 Å². The van der Waals surface area contributed by atoms with Gasteiger partial charge in [0.2, 0.25) is 0 Å². The maximum absolute atomic E-state index is 10.7. The Hall–Kier alpha value is -0.260. The van der Waals surface area contributed by atoms with Gasteiger partial charge < -0.3 is 9.84 Å². The highest BCUT2D eigenvalue weighted by Gasteiger charge is 2.30. The van der Waals surface area contributed by atoms with E-state index in [0.717, 1.165) is 5.88 Å². The Morgan fingerprint density at radius 2 is 2.58 bits per heavy atom. The highest BCUT2D eigenvalue weighted by molar-refractivity contribution is 7.99. The first kappa shape index (κ1) is 9.83. The number of ether oxygens (including phenoxy) is 1. The lowest BCUT2D eigenvalue weighted by Crippen LogP contribution is -2.39. The third-order valence-electron chi connectivity index (χ3n) is 1.84. The molecule has 0 bridgehead atoms. The average Bonchev–Trinajstić information content (AvgIpc) is 2.48. The van der Waals surface area contributed by atoms with Crippen molar-refractivity contribution in [3.05, 3.63) is 0 Å². The maximum Gasteiger partial charge on any atom is 0.321 e. The molecule has 4 nitrogen and oxygen atoms in total. The van der Waals surface area contributed by atoms with Crippen LogP contribution in [0, 0.1) is 0 Å². The molecule has 1 aliphatic rings. The Bertz CT molecular complexity index is 165. The Morgan fingerprint density at radius 1 is 1.83 bits per heavy atom. The van der Waals surface area contributed by atoms with Crippen LogP contribution in [0.5, 0.6) is 0 Å². The number of thioether (sulfide) groups is 1. The topological polar surface area (TPSA) is 49.8 Å². The lowest BCUT2D eigenvalue weighted by molar-refractivity contribution is -0.141. The monoisotopic (exact) mass is 191 g/mol. The summed E-state index contributed by atoms with van der Waals surface area (Å²) >= 11 is 1.66. The average molecular weight is 191 g/mol. The molecule has 0 aromatic carbocycles. The van der Waals surface area contributed by atoms with Crippen LogP contribution in [0.3, 0.4) is 0 Å². The molecule has 0 unspecified atom stereocenters. The molecule has 0 amide bonds. The molecular formula is C7H13NO3S. The van der Waals surface area contributed by atoms with Gasteiger partial charge >= 0.3 is 5.97 Å². The van der Waals surface area contributed by atoms with Gasteiger partial charge in [0.25, 0.3) is 0 Å². The minimum atomic E-state index is -0.726. The number of rotatable bonds is 4. The van der Waals surface area contributed by atoms with Gasteiger partial charge in [0.05, 0.1) is 6.61 Å². The van der Waals surface area contributed by atoms with Gasteiger partial charge in [-0.15, -0.1) is 11.8 Å². The number of nitrogens with zero attached hydrogens (tertiary/aromatic N) is 1. The Morgan fingerprint density at radius 3 is 3.17 bits per heavy atom. The zero-order valence-corrected chi connectivity index (χ0v) is 7.84. The van der Waals surface area contributed by atoms with Crippen LogP contribution in [-0.4, -0.2) is 53.9 Å². The molecule has 1 N–H and O–H groups in total. The van der Waals surface area contributed by atoms with Gasteiger partial charge in [0.1, 0.15) is 6.04 Å². The molecule has 0 aliphatic carbocycles. The second kappa shape index (κ2) is 4.69. The standard InChI is InChI=1S/C7H13NO3S/c1-11-3-2-8-5-12-4-6(8)7(9)10/h6H,2-5H2,1H3,(H,9,10)/t6-/m1/s1. The molecule has 0 aromatic heterocycles. The van der Waals surface area contributed by atoms with Crippen LogP contribution in [0.2, 0.25) is 0 Å². The number of carboxylic acid groups (broad SMARTS) is 1. The minimum Gasteiger partial charge on any atom is -0.480 e. The third-order valence-corrected chi connectivity index (χ3v) is 2.91. The predicted molar refractivity (Wildman–Crippen MR) is 47.3 cm³/mol. The summed E-state index contributed by atoms with van der Waals surface area (Å²) in [5, 5.41) is 8.79. The van der Waals surface area contributed by atoms with Crippen molar-refractivity contribution in [1.29, 1.82) is 0 Å². The zero-order chi connectivity index (χ0) is 8.97. The summed E-state index contributed by atoms with van der Waals surface area (Å²) in [6, 6.07) is -0.315. The van der Waals surface area contributed by atoms with Crippen molar-refractivity contribution in [1.82, 2.24) is 4.90 Å². The molecule has 0 aromatic rings. The molecule has 1 aliphatic heterocycles. The van der Waals surface area contributed by atoms with Gasteiger partial charge in [0.15, 0.2) is 0 Å². The van der Waals surface area contributed by atoms with E-state index in [0.29, 0.717) is 18.9 Å². The maximum atomic E-state index is 10.7. The fourth-order valence-corrected chi connectivity index (χ4v) is 2.36. The second-order valence-corrected chi connectivity index (χ2v) is 3.66. The SMILES string of the molecule is COCCN1CSC[C@@H]1C(=O)O. The molecule has 0 radical (unpaired) electrons. The van der Waals surface area contributed by atoms with Crippen molar-refractivity contribution in [2.24, 2.45) is 0 Å². The Balaban J connectivity index is 2.35. The van der Waals surface area contributed by atoms with Crippen molar-refractivity contribution in [3.63, 3.8) is 0 Å². The largest absolute Gasteiger partial charge is 0.480 e. The van der Waals surface area contributed by atoms with Gasteiger partial charge in [-0.05, 0) is 0 Å². The van der Waals surface area contributed by atoms with E-state index in [-0.39, 0.29) is 6.04 Å². The molecule has 1 atom stereocenters. The lowest BCUT2D eigenvalue weighted by atomic mass is 10.3. The summed E-state index contributed by atoms with van der Waals surface area (Å²) in [5.41, 5.74) is 0. The van der Waals surface area contributed by atoms with Gasteiger partial charge in [-0.25, -0.2) is 0 Å². The van der Waals surface area contributed by atoms with Crippen molar-refractivity contribution >= 4 is 17.7 Å². The van der Waals surface area contributed by atoms with Crippen LogP contribution in [0.25, 0.3) is 0 Å². The second-order valence-electron chi connectivity index (χ2n) is 2.66. The summed E-state index contributed by atoms with van der Waals surface area (Å²) in [6.45, 7) is 1.31. The van der Waals surface area contributed by atoms with Gasteiger partial charge in [-0.2, -0.15) is 0 Å². The summed E-state index contributed by atoms with van der Waals surface area (Å²) in [5.74, 6) is 0.774. The molecule has 1 fully saturated rings. The lowest BCUT2D eigenvalue weighted by Gasteiger charge is -2.18. The smallest absolute Gasteiger partial charge is 0.321 e. The number of aliphatic carboxylic acids is 1. The summed E-state index contributed by atoms with van der Waals surface area (Å²) in [7, 11) is 1.62. The molecule has 0 spiro atoms. The fourth-order valence-electron chi connectivity index (χ4n) is 1.13. The van der Waals surface area contributed by atoms with Gasteiger partial charge in [-0.3, -0.25) is 9.69 Å². The Kier molecular flexibility index (Phi) is 3.84. The van der Waals surface area contributed by atoms with E-state index in [1.165, 1.54) is 0 Å². The highest BCUT2D eigenvalue weighted by atomic mass is 32.2. The first-order chi connectivity index (χ1) is 5.75. The molecule has 1 saturated heterocycles. The highest BCUT2D eigenvalue weighted by Crippen LogP contribution is 2.20. The van der Waals surface area contributed by atoms with Crippen LogP contribution in [0.1, 0.15) is 0 Å². The van der Waals surface area contributed by atoms with E-state index in [9.17, 15) is 4.79 Å². The molecule has 70 valence electrons. The van der Waals surface area contributed by atoms with E-state index in [4.69, 9.17) is 9.84 Å². The van der Waals surface area contributed by atoms with E-state index >= 15 is 0 Å². The van der Waals surface area contributed by atoms with Crippen LogP contribution >= 0.6 is 11.8 Å². The van der Waals surface area contributed by atoms with Crippen molar-refractivity contribution in [2.45, 2.75) is 6.04 Å². The van der Waals surface area contributed by atoms with Gasteiger partial charge in [-0.1, -0.05) is 0 Å². The van der Waals surface area contributed by atoms with Crippen LogP contribution < -0.4 is 0 Å². The molecule has 1 heterocycles. The quantitative estimate of drug-likeness (QED) is 0.682. The van der Waals surface area contributed by atoms with Crippen LogP contribution in [-0.2, 0) is 9.53 Å². The number of hydrogen-bond acceptors (Lipinski definition) is 4. The van der Waals surface area contributed by atoms with Crippen molar-refractivity contribution < 1.29 is 14.6 Å². The summed E-state index contributed by atoms with van der Waals surface area (Å²) in [4.78, 5) is 12.6. The normalized spacial score (nSPS) is 24.6. The van der Waals surface area contributed by atoms with E-state index in [1.807, 2.05) is 4.90 Å². The minimum absolute atomic E-state index is 0.315. The number of carboxylic acids is 1. The molecule has 5 heteroatoms. The third kappa shape index (κ3) is 2.36. The fraction of sp³-hybridized carbons (Fsp3) is 0.857. The van der Waals surface area contributed by atoms with Crippen LogP contribution in [0.4, 0.5) is 0 Å². The first-order valence-corrected chi connectivity index (χ1v) is 4.94. The first-order valence-electron chi connectivity index (χ1n) is 3.79. The van der Waals surface area contributed by atoms with Crippen molar-refractivity contribution in [3.8, 4) is 0 Å². The van der Waals surface area contributed by atoms with E-state index in [1.54, 1.807) is 18.9 Å². The number of methoxy groups -OCH3 is 1. The van der Waals surface area contributed by atoms with E-state index in [2.05, 4.69) is 0 Å².